The van der Waals surface area contributed by atoms with Gasteiger partial charge in [-0.3, -0.25) is 14.5 Å². The zero-order valence-electron chi connectivity index (χ0n) is 17.8. The number of anilines is 2. The van der Waals surface area contributed by atoms with Crippen LogP contribution in [0.25, 0.3) is 0 Å². The maximum absolute atomic E-state index is 13.4. The first-order valence-corrected chi connectivity index (χ1v) is 11.5. The number of para-hydroxylation sites is 1. The first-order chi connectivity index (χ1) is 16.0. The van der Waals surface area contributed by atoms with Crippen LogP contribution in [-0.2, 0) is 16.0 Å². The van der Waals surface area contributed by atoms with Gasteiger partial charge in [0, 0.05) is 16.4 Å². The SMILES string of the molecule is Cc1cccc(NC(=O)/C(C#N)=C2\S[C@@H](Cc3ccc(Cl)cc3)C(=O)N2c2ccccc2)c1. The highest BCUT2D eigenvalue weighted by atomic mass is 35.5. The lowest BCUT2D eigenvalue weighted by atomic mass is 10.1. The zero-order valence-corrected chi connectivity index (χ0v) is 19.4. The summed E-state index contributed by atoms with van der Waals surface area (Å²) in [4.78, 5) is 28.0. The molecule has 0 aromatic heterocycles. The van der Waals surface area contributed by atoms with E-state index in [0.29, 0.717) is 27.8 Å². The highest BCUT2D eigenvalue weighted by molar-refractivity contribution is 8.05. The molecule has 33 heavy (non-hydrogen) atoms. The Hall–Kier alpha value is -3.53. The van der Waals surface area contributed by atoms with E-state index < -0.39 is 11.2 Å². The Labute approximate surface area is 201 Å². The predicted octanol–water partition coefficient (Wildman–Crippen LogP) is 5.71. The highest BCUT2D eigenvalue weighted by Gasteiger charge is 2.40. The second kappa shape index (κ2) is 9.95. The summed E-state index contributed by atoms with van der Waals surface area (Å²) in [5.74, 6) is -0.723. The van der Waals surface area contributed by atoms with E-state index in [-0.39, 0.29) is 11.5 Å². The van der Waals surface area contributed by atoms with Gasteiger partial charge in [-0.25, -0.2) is 0 Å². The summed E-state index contributed by atoms with van der Waals surface area (Å²) in [6.45, 7) is 1.92. The number of carbonyl (C=O) groups excluding carboxylic acids is 2. The Bertz CT molecular complexity index is 1270. The lowest BCUT2D eigenvalue weighted by Gasteiger charge is -2.18. The summed E-state index contributed by atoms with van der Waals surface area (Å²) < 4.78 is 0. The van der Waals surface area contributed by atoms with Crippen molar-refractivity contribution in [3.63, 3.8) is 0 Å². The molecule has 1 aliphatic heterocycles. The lowest BCUT2D eigenvalue weighted by Crippen LogP contribution is -2.30. The molecule has 1 saturated heterocycles. The Kier molecular flexibility index (Phi) is 6.83. The molecule has 164 valence electrons. The van der Waals surface area contributed by atoms with Crippen molar-refractivity contribution in [1.29, 1.82) is 5.26 Å². The largest absolute Gasteiger partial charge is 0.321 e. The summed E-state index contributed by atoms with van der Waals surface area (Å²) in [6.07, 6.45) is 0.450. The number of nitrogens with one attached hydrogen (secondary N) is 1. The molecule has 0 bridgehead atoms. The predicted molar refractivity (Wildman–Crippen MR) is 133 cm³/mol. The van der Waals surface area contributed by atoms with Gasteiger partial charge < -0.3 is 5.32 Å². The molecule has 3 aromatic carbocycles. The molecule has 0 radical (unpaired) electrons. The number of nitrogens with zero attached hydrogens (tertiary/aromatic N) is 2. The van der Waals surface area contributed by atoms with Gasteiger partial charge in [-0.2, -0.15) is 5.26 Å². The van der Waals surface area contributed by atoms with Gasteiger partial charge in [0.15, 0.2) is 0 Å². The van der Waals surface area contributed by atoms with Gasteiger partial charge in [0.25, 0.3) is 5.91 Å². The summed E-state index contributed by atoms with van der Waals surface area (Å²) >= 11 is 7.22. The number of nitriles is 1. The average Bonchev–Trinajstić information content (AvgIpc) is 3.12. The van der Waals surface area contributed by atoms with Crippen LogP contribution >= 0.6 is 23.4 Å². The van der Waals surface area contributed by atoms with E-state index in [4.69, 9.17) is 11.6 Å². The number of carbonyl (C=O) groups is 2. The minimum Gasteiger partial charge on any atom is -0.321 e. The maximum Gasteiger partial charge on any atom is 0.269 e. The molecule has 0 spiro atoms. The fraction of sp³-hybridized carbons (Fsp3) is 0.115. The molecule has 2 amide bonds. The lowest BCUT2D eigenvalue weighted by molar-refractivity contribution is -0.117. The van der Waals surface area contributed by atoms with E-state index in [0.717, 1.165) is 11.1 Å². The molecule has 7 heteroatoms. The Morgan fingerprint density at radius 2 is 1.82 bits per heavy atom. The first kappa shape index (κ1) is 22.7. The third-order valence-corrected chi connectivity index (χ3v) is 6.64. The van der Waals surface area contributed by atoms with Crippen LogP contribution in [0.4, 0.5) is 11.4 Å². The standard InChI is InChI=1S/C26H20ClN3O2S/c1-17-6-5-7-20(14-17)29-24(31)22(16-28)26-30(21-8-3-2-4-9-21)25(32)23(33-26)15-18-10-12-19(27)13-11-18/h2-14,23H,15H2,1H3,(H,29,31)/b26-22-/t23-/m0/s1. The average molecular weight is 474 g/mol. The molecule has 1 atom stereocenters. The molecule has 0 unspecified atom stereocenters. The van der Waals surface area contributed by atoms with Crippen molar-refractivity contribution in [2.24, 2.45) is 0 Å². The van der Waals surface area contributed by atoms with Crippen molar-refractivity contribution in [3.8, 4) is 6.07 Å². The van der Waals surface area contributed by atoms with E-state index in [9.17, 15) is 14.9 Å². The van der Waals surface area contributed by atoms with Crippen LogP contribution in [-0.4, -0.2) is 17.1 Å². The molecule has 5 nitrogen and oxygen atoms in total. The topological polar surface area (TPSA) is 73.2 Å². The molecule has 1 heterocycles. The molecule has 3 aromatic rings. The molecular weight excluding hydrogens is 454 g/mol. The van der Waals surface area contributed by atoms with Crippen molar-refractivity contribution < 1.29 is 9.59 Å². The van der Waals surface area contributed by atoms with Crippen molar-refractivity contribution in [2.75, 3.05) is 10.2 Å². The van der Waals surface area contributed by atoms with Crippen LogP contribution < -0.4 is 10.2 Å². The third-order valence-electron chi connectivity index (χ3n) is 5.13. The van der Waals surface area contributed by atoms with Crippen molar-refractivity contribution >= 4 is 46.6 Å². The molecule has 0 saturated carbocycles. The van der Waals surface area contributed by atoms with E-state index in [1.54, 1.807) is 30.3 Å². The summed E-state index contributed by atoms with van der Waals surface area (Å²) in [6, 6.07) is 25.7. The molecular formula is C26H20ClN3O2S. The van der Waals surface area contributed by atoms with E-state index in [1.165, 1.54) is 16.7 Å². The summed E-state index contributed by atoms with van der Waals surface area (Å²) in [7, 11) is 0. The van der Waals surface area contributed by atoms with E-state index >= 15 is 0 Å². The van der Waals surface area contributed by atoms with Crippen LogP contribution in [0.5, 0.6) is 0 Å². The Morgan fingerprint density at radius 3 is 2.48 bits per heavy atom. The Morgan fingerprint density at radius 1 is 1.09 bits per heavy atom. The van der Waals surface area contributed by atoms with E-state index in [1.807, 2.05) is 61.5 Å². The minimum absolute atomic E-state index is 0.0997. The van der Waals surface area contributed by atoms with Gasteiger partial charge >= 0.3 is 0 Å². The van der Waals surface area contributed by atoms with Gasteiger partial charge in [-0.1, -0.05) is 65.8 Å². The van der Waals surface area contributed by atoms with Crippen LogP contribution in [0.15, 0.2) is 89.5 Å². The maximum atomic E-state index is 13.4. The zero-order chi connectivity index (χ0) is 23.4. The highest BCUT2D eigenvalue weighted by Crippen LogP contribution is 2.42. The van der Waals surface area contributed by atoms with Crippen LogP contribution in [0, 0.1) is 18.3 Å². The quantitative estimate of drug-likeness (QED) is 0.380. The van der Waals surface area contributed by atoms with Crippen molar-refractivity contribution in [1.82, 2.24) is 0 Å². The second-order valence-corrected chi connectivity index (χ2v) is 9.19. The second-order valence-electron chi connectivity index (χ2n) is 7.56. The monoisotopic (exact) mass is 473 g/mol. The minimum atomic E-state index is -0.550. The number of hydrogen-bond acceptors (Lipinski definition) is 4. The molecule has 1 N–H and O–H groups in total. The van der Waals surface area contributed by atoms with Gasteiger partial charge in [0.1, 0.15) is 16.7 Å². The van der Waals surface area contributed by atoms with Crippen LogP contribution in [0.2, 0.25) is 5.02 Å². The first-order valence-electron chi connectivity index (χ1n) is 10.3. The molecule has 1 aliphatic rings. The van der Waals surface area contributed by atoms with Gasteiger partial charge in [-0.05, 0) is 60.9 Å². The summed E-state index contributed by atoms with van der Waals surface area (Å²) in [5, 5.41) is 13.2. The van der Waals surface area contributed by atoms with Gasteiger partial charge in [0.05, 0.1) is 5.25 Å². The molecule has 0 aliphatic carbocycles. The van der Waals surface area contributed by atoms with Gasteiger partial charge in [-0.15, -0.1) is 0 Å². The fourth-order valence-electron chi connectivity index (χ4n) is 3.55. The molecule has 1 fully saturated rings. The van der Waals surface area contributed by atoms with Crippen molar-refractivity contribution in [2.45, 2.75) is 18.6 Å². The van der Waals surface area contributed by atoms with Crippen molar-refractivity contribution in [3.05, 3.63) is 106 Å². The van der Waals surface area contributed by atoms with Gasteiger partial charge in [0.2, 0.25) is 5.91 Å². The van der Waals surface area contributed by atoms with Crippen LogP contribution in [0.1, 0.15) is 11.1 Å². The number of halogens is 1. The smallest absolute Gasteiger partial charge is 0.269 e. The Balaban J connectivity index is 1.71. The van der Waals surface area contributed by atoms with E-state index in [2.05, 4.69) is 5.32 Å². The third kappa shape index (κ3) is 5.11. The fourth-order valence-corrected chi connectivity index (χ4v) is 4.98. The number of thioether (sulfide) groups is 1. The molecule has 4 rings (SSSR count). The number of hydrogen-bond donors (Lipinski definition) is 1. The number of benzene rings is 3. The summed E-state index contributed by atoms with van der Waals surface area (Å²) in [5.41, 5.74) is 3.03. The number of rotatable bonds is 5. The number of aryl methyl sites for hydroxylation is 1. The van der Waals surface area contributed by atoms with Crippen LogP contribution in [0.3, 0.4) is 0 Å². The normalized spacial score (nSPS) is 16.9. The number of amides is 2.